The number of hydrogen-bond acceptors (Lipinski definition) is 2. The molecule has 0 amide bonds. The van der Waals surface area contributed by atoms with Crippen LogP contribution in [0.25, 0.3) is 0 Å². The molecule has 1 aliphatic heterocycles. The van der Waals surface area contributed by atoms with Crippen molar-refractivity contribution >= 4 is 11.8 Å². The first-order chi connectivity index (χ1) is 6.33. The summed E-state index contributed by atoms with van der Waals surface area (Å²) in [6.07, 6.45) is -3.89. The lowest BCUT2D eigenvalue weighted by atomic mass is 9.89. The quantitative estimate of drug-likeness (QED) is 0.784. The molecule has 1 saturated heterocycles. The van der Waals surface area contributed by atoms with Crippen molar-refractivity contribution in [3.8, 4) is 0 Å². The third kappa shape index (κ3) is 3.35. The molecule has 1 N–H and O–H groups in total. The second-order valence-corrected chi connectivity index (χ2v) is 5.28. The maximum atomic E-state index is 12.0. The SMILES string of the molecule is CC1SCCCC1(O)CCC(F)(F)F. The zero-order chi connectivity index (χ0) is 10.8. The van der Waals surface area contributed by atoms with E-state index in [2.05, 4.69) is 0 Å². The third-order valence-corrected chi connectivity index (χ3v) is 4.18. The molecule has 84 valence electrons. The van der Waals surface area contributed by atoms with Crippen LogP contribution in [0.2, 0.25) is 0 Å². The Morgan fingerprint density at radius 1 is 1.50 bits per heavy atom. The van der Waals surface area contributed by atoms with Gasteiger partial charge in [-0.05, 0) is 25.0 Å². The van der Waals surface area contributed by atoms with Crippen LogP contribution in [0.5, 0.6) is 0 Å². The summed E-state index contributed by atoms with van der Waals surface area (Å²) >= 11 is 1.56. The van der Waals surface area contributed by atoms with E-state index in [4.69, 9.17) is 0 Å². The summed E-state index contributed by atoms with van der Waals surface area (Å²) in [4.78, 5) is 0. The van der Waals surface area contributed by atoms with Crippen LogP contribution >= 0.6 is 11.8 Å². The Bertz CT molecular complexity index is 195. The van der Waals surface area contributed by atoms with Gasteiger partial charge < -0.3 is 5.11 Å². The summed E-state index contributed by atoms with van der Waals surface area (Å²) in [5, 5.41) is 9.90. The minimum Gasteiger partial charge on any atom is -0.389 e. The number of thioether (sulfide) groups is 1. The molecule has 0 aromatic rings. The fourth-order valence-electron chi connectivity index (χ4n) is 1.68. The molecule has 2 unspecified atom stereocenters. The van der Waals surface area contributed by atoms with Gasteiger partial charge in [-0.1, -0.05) is 6.92 Å². The van der Waals surface area contributed by atoms with Crippen molar-refractivity contribution in [2.75, 3.05) is 5.75 Å². The van der Waals surface area contributed by atoms with Gasteiger partial charge >= 0.3 is 6.18 Å². The topological polar surface area (TPSA) is 20.2 Å². The smallest absolute Gasteiger partial charge is 0.389 e. The van der Waals surface area contributed by atoms with E-state index in [-0.39, 0.29) is 11.7 Å². The fraction of sp³-hybridized carbons (Fsp3) is 1.00. The summed E-state index contributed by atoms with van der Waals surface area (Å²) < 4.78 is 36.0. The second-order valence-electron chi connectivity index (χ2n) is 3.84. The third-order valence-electron chi connectivity index (χ3n) is 2.72. The van der Waals surface area contributed by atoms with Crippen molar-refractivity contribution in [3.63, 3.8) is 0 Å². The predicted octanol–water partition coefficient (Wildman–Crippen LogP) is 2.98. The molecule has 0 bridgehead atoms. The molecule has 2 atom stereocenters. The van der Waals surface area contributed by atoms with E-state index in [0.717, 1.165) is 12.2 Å². The van der Waals surface area contributed by atoms with E-state index in [1.165, 1.54) is 0 Å². The molecule has 1 aliphatic rings. The van der Waals surface area contributed by atoms with Gasteiger partial charge in [0.15, 0.2) is 0 Å². The minimum atomic E-state index is -4.16. The van der Waals surface area contributed by atoms with Gasteiger partial charge in [0.25, 0.3) is 0 Å². The molecule has 14 heavy (non-hydrogen) atoms. The molecule has 1 fully saturated rings. The number of alkyl halides is 3. The first-order valence-electron chi connectivity index (χ1n) is 4.74. The summed E-state index contributed by atoms with van der Waals surface area (Å²) in [5.41, 5.74) is -1.11. The van der Waals surface area contributed by atoms with E-state index < -0.39 is 18.2 Å². The molecule has 0 aliphatic carbocycles. The fourth-order valence-corrected chi connectivity index (χ4v) is 2.89. The normalized spacial score (nSPS) is 34.5. The number of rotatable bonds is 2. The van der Waals surface area contributed by atoms with Gasteiger partial charge in [-0.3, -0.25) is 0 Å². The van der Waals surface area contributed by atoms with Crippen LogP contribution < -0.4 is 0 Å². The minimum absolute atomic E-state index is 0.0846. The van der Waals surface area contributed by atoms with Crippen LogP contribution in [-0.2, 0) is 0 Å². The van der Waals surface area contributed by atoms with E-state index in [1.54, 1.807) is 18.7 Å². The Hall–Kier alpha value is 0.100. The highest BCUT2D eigenvalue weighted by Gasteiger charge is 2.40. The Kier molecular flexibility index (Phi) is 3.75. The van der Waals surface area contributed by atoms with Crippen LogP contribution in [-0.4, -0.2) is 27.9 Å². The molecule has 1 nitrogen and oxygen atoms in total. The standard InChI is InChI=1S/C9H15F3OS/c1-7-8(13,3-2-6-14-7)4-5-9(10,11)12/h7,13H,2-6H2,1H3. The van der Waals surface area contributed by atoms with Crippen LogP contribution in [0.3, 0.4) is 0 Å². The lowest BCUT2D eigenvalue weighted by Crippen LogP contribution is -2.42. The van der Waals surface area contributed by atoms with Crippen LogP contribution in [0.1, 0.15) is 32.6 Å². The van der Waals surface area contributed by atoms with Crippen molar-refractivity contribution < 1.29 is 18.3 Å². The van der Waals surface area contributed by atoms with E-state index in [1.807, 2.05) is 0 Å². The van der Waals surface area contributed by atoms with Crippen LogP contribution in [0, 0.1) is 0 Å². The average molecular weight is 228 g/mol. The van der Waals surface area contributed by atoms with Crippen molar-refractivity contribution in [3.05, 3.63) is 0 Å². The van der Waals surface area contributed by atoms with Crippen LogP contribution in [0.15, 0.2) is 0 Å². The predicted molar refractivity (Wildman–Crippen MR) is 51.4 cm³/mol. The van der Waals surface area contributed by atoms with Gasteiger partial charge in [-0.25, -0.2) is 0 Å². The Morgan fingerprint density at radius 2 is 2.14 bits per heavy atom. The molecule has 1 heterocycles. The first kappa shape index (κ1) is 12.2. The molecule has 0 aromatic heterocycles. The Balaban J connectivity index is 2.47. The molecule has 5 heteroatoms. The van der Waals surface area contributed by atoms with Gasteiger partial charge in [0, 0.05) is 11.7 Å². The van der Waals surface area contributed by atoms with E-state index in [9.17, 15) is 18.3 Å². The zero-order valence-electron chi connectivity index (χ0n) is 8.10. The summed E-state index contributed by atoms with van der Waals surface area (Å²) in [6.45, 7) is 1.81. The van der Waals surface area contributed by atoms with Crippen molar-refractivity contribution in [1.29, 1.82) is 0 Å². The highest BCUT2D eigenvalue weighted by atomic mass is 32.2. The molecular formula is C9H15F3OS. The van der Waals surface area contributed by atoms with Gasteiger partial charge in [0.1, 0.15) is 0 Å². The largest absolute Gasteiger partial charge is 0.389 e. The average Bonchev–Trinajstić information content (AvgIpc) is 2.06. The van der Waals surface area contributed by atoms with Crippen LogP contribution in [0.4, 0.5) is 13.2 Å². The van der Waals surface area contributed by atoms with E-state index >= 15 is 0 Å². The van der Waals surface area contributed by atoms with Gasteiger partial charge in [-0.15, -0.1) is 0 Å². The molecule has 0 aromatic carbocycles. The van der Waals surface area contributed by atoms with Gasteiger partial charge in [0.2, 0.25) is 0 Å². The lowest BCUT2D eigenvalue weighted by Gasteiger charge is -2.37. The first-order valence-corrected chi connectivity index (χ1v) is 5.79. The number of halogens is 3. The monoisotopic (exact) mass is 228 g/mol. The Labute approximate surface area is 86.1 Å². The summed E-state index contributed by atoms with van der Waals surface area (Å²) in [7, 11) is 0. The highest BCUT2D eigenvalue weighted by Crippen LogP contribution is 2.39. The molecular weight excluding hydrogens is 213 g/mol. The lowest BCUT2D eigenvalue weighted by molar-refractivity contribution is -0.147. The van der Waals surface area contributed by atoms with Crippen molar-refractivity contribution in [2.24, 2.45) is 0 Å². The number of aliphatic hydroxyl groups is 1. The molecule has 0 saturated carbocycles. The summed E-state index contributed by atoms with van der Waals surface area (Å²) in [6, 6.07) is 0. The maximum absolute atomic E-state index is 12.0. The second kappa shape index (κ2) is 4.31. The maximum Gasteiger partial charge on any atom is 0.389 e. The summed E-state index contributed by atoms with van der Waals surface area (Å²) in [5.74, 6) is 0.940. The molecule has 0 spiro atoms. The molecule has 1 rings (SSSR count). The highest BCUT2D eigenvalue weighted by molar-refractivity contribution is 8.00. The van der Waals surface area contributed by atoms with E-state index in [0.29, 0.717) is 6.42 Å². The zero-order valence-corrected chi connectivity index (χ0v) is 8.92. The Morgan fingerprint density at radius 3 is 2.64 bits per heavy atom. The van der Waals surface area contributed by atoms with Gasteiger partial charge in [0.05, 0.1) is 5.60 Å². The molecule has 0 radical (unpaired) electrons. The van der Waals surface area contributed by atoms with Crippen molar-refractivity contribution in [2.45, 2.75) is 49.6 Å². The van der Waals surface area contributed by atoms with Crippen molar-refractivity contribution in [1.82, 2.24) is 0 Å². The number of hydrogen-bond donors (Lipinski definition) is 1. The van der Waals surface area contributed by atoms with Gasteiger partial charge in [-0.2, -0.15) is 24.9 Å².